The van der Waals surface area contributed by atoms with E-state index in [9.17, 15) is 9.65 Å². The van der Waals surface area contributed by atoms with Gasteiger partial charge in [-0.25, -0.2) is 14.4 Å². The molecule has 0 radical (unpaired) electrons. The van der Waals surface area contributed by atoms with Crippen molar-refractivity contribution in [2.45, 2.75) is 51.1 Å². The van der Waals surface area contributed by atoms with Gasteiger partial charge in [-0.3, -0.25) is 9.89 Å². The van der Waals surface area contributed by atoms with Crippen molar-refractivity contribution in [2.75, 3.05) is 9.80 Å². The zero-order valence-corrected chi connectivity index (χ0v) is 22.6. The summed E-state index contributed by atoms with van der Waals surface area (Å²) in [5.41, 5.74) is 5.23. The van der Waals surface area contributed by atoms with Gasteiger partial charge in [0, 0.05) is 28.9 Å². The monoisotopic (exact) mass is 535 g/mol. The Balaban J connectivity index is 1.52. The number of halogens is 1. The van der Waals surface area contributed by atoms with E-state index in [0.29, 0.717) is 27.6 Å². The summed E-state index contributed by atoms with van der Waals surface area (Å²) in [5.74, 6) is 1.02. The average Bonchev–Trinajstić information content (AvgIpc) is 3.64. The zero-order valence-electron chi connectivity index (χ0n) is 21.8. The highest BCUT2D eigenvalue weighted by Crippen LogP contribution is 2.55. The molecule has 2 aromatic carbocycles. The minimum atomic E-state index is -0.666. The van der Waals surface area contributed by atoms with Crippen LogP contribution in [0.5, 0.6) is 0 Å². The van der Waals surface area contributed by atoms with Crippen molar-refractivity contribution in [3.63, 3.8) is 0 Å². The average molecular weight is 536 g/mol. The highest BCUT2D eigenvalue weighted by molar-refractivity contribution is 7.81. The SMILES string of the molecule is CCC1C2=NC3(C)CC3=C(C)N2c2cnc(C(C=N)C(=S)c3ccc(F)cc3)nc2N1c1ccc(C#N)cc1. The fourth-order valence-corrected chi connectivity index (χ4v) is 5.92. The van der Waals surface area contributed by atoms with Gasteiger partial charge in [0.15, 0.2) is 5.82 Å². The third-order valence-electron chi connectivity index (χ3n) is 7.77. The van der Waals surface area contributed by atoms with Crippen molar-refractivity contribution in [1.82, 2.24) is 9.97 Å². The Labute approximate surface area is 231 Å². The van der Waals surface area contributed by atoms with Crippen LogP contribution in [-0.2, 0) is 0 Å². The van der Waals surface area contributed by atoms with Crippen molar-refractivity contribution >= 4 is 46.3 Å². The predicted octanol–water partition coefficient (Wildman–Crippen LogP) is 6.22. The van der Waals surface area contributed by atoms with Gasteiger partial charge in [-0.15, -0.1) is 0 Å². The van der Waals surface area contributed by atoms with Gasteiger partial charge in [-0.2, -0.15) is 5.26 Å². The van der Waals surface area contributed by atoms with Crippen LogP contribution in [0.25, 0.3) is 0 Å². The van der Waals surface area contributed by atoms with Crippen molar-refractivity contribution in [3.05, 3.63) is 88.8 Å². The maximum absolute atomic E-state index is 13.5. The van der Waals surface area contributed by atoms with Crippen molar-refractivity contribution < 1.29 is 4.39 Å². The van der Waals surface area contributed by atoms with E-state index in [4.69, 9.17) is 32.6 Å². The molecular weight excluding hydrogens is 509 g/mol. The molecule has 9 heteroatoms. The number of benzene rings is 2. The molecule has 0 saturated heterocycles. The first kappa shape index (κ1) is 25.0. The first-order chi connectivity index (χ1) is 18.8. The molecule has 3 aliphatic rings. The largest absolute Gasteiger partial charge is 0.314 e. The Morgan fingerprint density at radius 3 is 2.62 bits per heavy atom. The maximum Gasteiger partial charge on any atom is 0.161 e. The van der Waals surface area contributed by atoms with Gasteiger partial charge < -0.3 is 10.3 Å². The molecule has 1 aliphatic carbocycles. The molecule has 1 N–H and O–H groups in total. The number of aliphatic imine (C=N–C) groups is 1. The molecule has 2 aliphatic heterocycles. The quantitative estimate of drug-likeness (QED) is 0.229. The lowest BCUT2D eigenvalue weighted by molar-refractivity contribution is 0.628. The highest BCUT2D eigenvalue weighted by Gasteiger charge is 2.53. The number of fused-ring (bicyclic) bond motifs is 4. The topological polar surface area (TPSA) is 92.3 Å². The predicted molar refractivity (Wildman–Crippen MR) is 155 cm³/mol. The van der Waals surface area contributed by atoms with Crippen LogP contribution in [0.3, 0.4) is 0 Å². The van der Waals surface area contributed by atoms with Gasteiger partial charge >= 0.3 is 0 Å². The van der Waals surface area contributed by atoms with E-state index in [-0.39, 0.29) is 17.4 Å². The van der Waals surface area contributed by atoms with Crippen molar-refractivity contribution in [3.8, 4) is 6.07 Å². The lowest BCUT2D eigenvalue weighted by atomic mass is 9.98. The molecule has 7 nitrogen and oxygen atoms in total. The molecule has 0 spiro atoms. The normalized spacial score (nSPS) is 21.7. The van der Waals surface area contributed by atoms with Crippen LogP contribution >= 0.6 is 12.2 Å². The Hall–Kier alpha value is -4.29. The summed E-state index contributed by atoms with van der Waals surface area (Å²) in [6.07, 6.45) is 4.72. The van der Waals surface area contributed by atoms with Crippen LogP contribution < -0.4 is 9.80 Å². The van der Waals surface area contributed by atoms with Gasteiger partial charge in [0.1, 0.15) is 23.2 Å². The molecule has 194 valence electrons. The van der Waals surface area contributed by atoms with E-state index < -0.39 is 5.92 Å². The molecule has 3 heterocycles. The Morgan fingerprint density at radius 2 is 1.97 bits per heavy atom. The van der Waals surface area contributed by atoms with Gasteiger partial charge in [0.05, 0.1) is 35.3 Å². The lowest BCUT2D eigenvalue weighted by Gasteiger charge is -2.46. The standard InChI is InChI=1S/C30H26FN7S/c1-4-24-29-36-30(3)13-23(30)17(2)37(29)25-16-34-27(22(15-33)26(39)19-7-9-20(31)10-8-19)35-28(25)38(24)21-11-5-18(14-32)6-12-21/h5-12,15-16,22,24,33H,4,13H2,1-3H3. The van der Waals surface area contributed by atoms with E-state index in [2.05, 4.69) is 36.6 Å². The summed E-state index contributed by atoms with van der Waals surface area (Å²) in [5, 5.41) is 17.5. The van der Waals surface area contributed by atoms with Crippen LogP contribution in [-0.4, -0.2) is 38.5 Å². The fraction of sp³-hybridized carbons (Fsp3) is 0.267. The molecule has 3 atom stereocenters. The van der Waals surface area contributed by atoms with Crippen molar-refractivity contribution in [1.29, 1.82) is 10.7 Å². The molecule has 3 aromatic rings. The number of rotatable bonds is 6. The highest BCUT2D eigenvalue weighted by atomic mass is 32.1. The van der Waals surface area contributed by atoms with Gasteiger partial charge in [-0.1, -0.05) is 31.3 Å². The Bertz CT molecular complexity index is 1620. The smallest absolute Gasteiger partial charge is 0.161 e. The second-order valence-electron chi connectivity index (χ2n) is 10.2. The number of hydrogen-bond acceptors (Lipinski definition) is 8. The van der Waals surface area contributed by atoms with Gasteiger partial charge in [-0.05, 0) is 67.8 Å². The summed E-state index contributed by atoms with van der Waals surface area (Å²) in [6.45, 7) is 6.43. The first-order valence-electron chi connectivity index (χ1n) is 12.9. The molecular formula is C30H26FN7S. The number of nitrogens with zero attached hydrogens (tertiary/aromatic N) is 6. The summed E-state index contributed by atoms with van der Waals surface area (Å²) in [6, 6.07) is 15.5. The summed E-state index contributed by atoms with van der Waals surface area (Å²) in [7, 11) is 0. The van der Waals surface area contributed by atoms with Crippen LogP contribution in [0.2, 0.25) is 0 Å². The number of aromatic nitrogens is 2. The van der Waals surface area contributed by atoms with Crippen LogP contribution in [0, 0.1) is 22.6 Å². The Kier molecular flexibility index (Phi) is 5.88. The van der Waals surface area contributed by atoms with E-state index in [1.165, 1.54) is 23.9 Å². The van der Waals surface area contributed by atoms with E-state index in [0.717, 1.165) is 35.7 Å². The van der Waals surface area contributed by atoms with Crippen LogP contribution in [0.15, 0.2) is 71.0 Å². The number of allylic oxidation sites excluding steroid dienone is 1. The number of anilines is 3. The third kappa shape index (κ3) is 3.94. The molecule has 0 amide bonds. The van der Waals surface area contributed by atoms with Gasteiger partial charge in [0.25, 0.3) is 0 Å². The van der Waals surface area contributed by atoms with Gasteiger partial charge in [0.2, 0.25) is 0 Å². The lowest BCUT2D eigenvalue weighted by Crippen LogP contribution is -2.53. The van der Waals surface area contributed by atoms with E-state index >= 15 is 0 Å². The molecule has 3 unspecified atom stereocenters. The molecule has 39 heavy (non-hydrogen) atoms. The number of nitriles is 1. The number of nitrogens with one attached hydrogen (secondary N) is 1. The molecule has 6 rings (SSSR count). The van der Waals surface area contributed by atoms with E-state index in [1.807, 2.05) is 12.1 Å². The fourth-order valence-electron chi connectivity index (χ4n) is 5.61. The second-order valence-corrected chi connectivity index (χ2v) is 10.7. The summed E-state index contributed by atoms with van der Waals surface area (Å²) in [4.78, 5) is 19.7. The Morgan fingerprint density at radius 1 is 1.26 bits per heavy atom. The second kappa shape index (κ2) is 9.17. The van der Waals surface area contributed by atoms with Crippen molar-refractivity contribution in [2.24, 2.45) is 4.99 Å². The van der Waals surface area contributed by atoms with E-state index in [1.54, 1.807) is 30.5 Å². The molecule has 1 saturated carbocycles. The number of thiocarbonyl (C=S) groups is 1. The third-order valence-corrected chi connectivity index (χ3v) is 8.26. The number of amidine groups is 1. The van der Waals surface area contributed by atoms with Crippen LogP contribution in [0.4, 0.5) is 21.6 Å². The first-order valence-corrected chi connectivity index (χ1v) is 13.3. The maximum atomic E-state index is 13.5. The zero-order chi connectivity index (χ0) is 27.5. The molecule has 0 bridgehead atoms. The minimum absolute atomic E-state index is 0.107. The molecule has 1 aromatic heterocycles. The number of hydrogen-bond donors (Lipinski definition) is 1. The summed E-state index contributed by atoms with van der Waals surface area (Å²) < 4.78 is 13.5. The molecule has 1 fully saturated rings. The van der Waals surface area contributed by atoms with Crippen LogP contribution in [0.1, 0.15) is 56.5 Å². The summed E-state index contributed by atoms with van der Waals surface area (Å²) >= 11 is 5.73. The minimum Gasteiger partial charge on any atom is -0.314 e.